The third-order valence-electron chi connectivity index (χ3n) is 5.82. The molecule has 2 aliphatic rings. The lowest BCUT2D eigenvalue weighted by Crippen LogP contribution is -2.38. The first-order valence-electron chi connectivity index (χ1n) is 11.3. The summed E-state index contributed by atoms with van der Waals surface area (Å²) in [7, 11) is 0. The van der Waals surface area contributed by atoms with Gasteiger partial charge in [-0.2, -0.15) is 9.97 Å². The Bertz CT molecular complexity index is 963. The number of carbonyl (C=O) groups excluding carboxylic acids is 1. The topological polar surface area (TPSA) is 108 Å². The zero-order valence-electron chi connectivity index (χ0n) is 19.5. The number of morpholine rings is 1. The maximum Gasteiger partial charge on any atom is 0.410 e. The van der Waals surface area contributed by atoms with Gasteiger partial charge in [-0.15, -0.1) is 0 Å². The van der Waals surface area contributed by atoms with Gasteiger partial charge in [-0.25, -0.2) is 4.79 Å². The molecule has 4 rings (SSSR count). The number of aromatic nitrogens is 3. The highest BCUT2D eigenvalue weighted by Crippen LogP contribution is 2.32. The normalized spacial score (nSPS) is 20.1. The molecular formula is C22H34N6O4. The molecule has 10 nitrogen and oxygen atoms in total. The summed E-state index contributed by atoms with van der Waals surface area (Å²) in [5.41, 5.74) is 7.51. The van der Waals surface area contributed by atoms with Gasteiger partial charge >= 0.3 is 12.1 Å². The molecule has 0 aromatic carbocycles. The second-order valence-electron chi connectivity index (χ2n) is 9.48. The molecule has 1 unspecified atom stereocenters. The molecule has 2 aliphatic heterocycles. The fourth-order valence-electron chi connectivity index (χ4n) is 4.24. The molecule has 0 aliphatic carbocycles. The number of hydrogen-bond donors (Lipinski definition) is 1. The first-order valence-corrected chi connectivity index (χ1v) is 11.3. The van der Waals surface area contributed by atoms with Gasteiger partial charge in [-0.1, -0.05) is 0 Å². The molecule has 2 fully saturated rings. The molecular weight excluding hydrogens is 412 g/mol. The standard InChI is InChI=1S/C22H34N6O4/c1-15-13-28(16-5-6-27(14-16)21(29)32-22(2,3)4)19-17(15)18(23)24-20(25-19)31-12-9-26-7-10-30-11-8-26/h13,16H,5-12,14H2,1-4H3,(H2,23,24,25). The number of nitrogens with zero attached hydrogens (tertiary/aromatic N) is 5. The van der Waals surface area contributed by atoms with Gasteiger partial charge in [-0.05, 0) is 39.7 Å². The lowest BCUT2D eigenvalue weighted by Gasteiger charge is -2.26. The van der Waals surface area contributed by atoms with E-state index in [2.05, 4.69) is 19.4 Å². The van der Waals surface area contributed by atoms with E-state index in [0.717, 1.165) is 55.9 Å². The molecule has 1 atom stereocenters. The van der Waals surface area contributed by atoms with Crippen molar-refractivity contribution in [1.29, 1.82) is 0 Å². The van der Waals surface area contributed by atoms with Crippen molar-refractivity contribution in [2.24, 2.45) is 0 Å². The van der Waals surface area contributed by atoms with Crippen LogP contribution in [0.25, 0.3) is 11.0 Å². The summed E-state index contributed by atoms with van der Waals surface area (Å²) in [6, 6.07) is 0.374. The van der Waals surface area contributed by atoms with Gasteiger partial charge in [0, 0.05) is 38.9 Å². The monoisotopic (exact) mass is 446 g/mol. The van der Waals surface area contributed by atoms with E-state index >= 15 is 0 Å². The summed E-state index contributed by atoms with van der Waals surface area (Å²) >= 11 is 0. The average Bonchev–Trinajstić information content (AvgIpc) is 3.33. The summed E-state index contributed by atoms with van der Waals surface area (Å²) in [5, 5.41) is 0.834. The molecule has 2 aromatic rings. The Morgan fingerprint density at radius 1 is 1.25 bits per heavy atom. The molecule has 1 amide bonds. The Morgan fingerprint density at radius 2 is 2.00 bits per heavy atom. The second kappa shape index (κ2) is 9.11. The molecule has 0 saturated carbocycles. The van der Waals surface area contributed by atoms with E-state index in [1.807, 2.05) is 33.9 Å². The van der Waals surface area contributed by atoms with Crippen LogP contribution in [0.1, 0.15) is 38.8 Å². The van der Waals surface area contributed by atoms with Gasteiger partial charge in [0.25, 0.3) is 0 Å². The Kier molecular flexibility index (Phi) is 6.43. The summed E-state index contributed by atoms with van der Waals surface area (Å²) in [5.74, 6) is 0.412. The van der Waals surface area contributed by atoms with Crippen molar-refractivity contribution >= 4 is 22.9 Å². The SMILES string of the molecule is Cc1cn(C2CCN(C(=O)OC(C)(C)C)C2)c2nc(OCCN3CCOCC3)nc(N)c12. The van der Waals surface area contributed by atoms with Crippen LogP contribution in [0.15, 0.2) is 6.20 Å². The van der Waals surface area contributed by atoms with Crippen LogP contribution in [0.2, 0.25) is 0 Å². The second-order valence-corrected chi connectivity index (χ2v) is 9.48. The predicted octanol–water partition coefficient (Wildman–Crippen LogP) is 2.21. The zero-order valence-corrected chi connectivity index (χ0v) is 19.5. The highest BCUT2D eigenvalue weighted by atomic mass is 16.6. The number of likely N-dealkylation sites (tertiary alicyclic amines) is 1. The van der Waals surface area contributed by atoms with Crippen LogP contribution in [0.3, 0.4) is 0 Å². The Labute approximate surface area is 188 Å². The number of rotatable bonds is 5. The van der Waals surface area contributed by atoms with Gasteiger partial charge in [0.05, 0.1) is 24.6 Å². The maximum absolute atomic E-state index is 12.5. The number of fused-ring (bicyclic) bond motifs is 1. The summed E-state index contributed by atoms with van der Waals surface area (Å²) < 4.78 is 18.9. The first-order chi connectivity index (χ1) is 15.2. The Hall–Kier alpha value is -2.59. The number of carbonyl (C=O) groups is 1. The Morgan fingerprint density at radius 3 is 2.72 bits per heavy atom. The van der Waals surface area contributed by atoms with E-state index in [0.29, 0.717) is 25.5 Å². The van der Waals surface area contributed by atoms with Crippen molar-refractivity contribution in [3.63, 3.8) is 0 Å². The molecule has 0 bridgehead atoms. The molecule has 176 valence electrons. The molecule has 2 aromatic heterocycles. The van der Waals surface area contributed by atoms with E-state index in [1.165, 1.54) is 0 Å². The van der Waals surface area contributed by atoms with Crippen LogP contribution >= 0.6 is 0 Å². The number of nitrogens with two attached hydrogens (primary N) is 1. The molecule has 2 saturated heterocycles. The van der Waals surface area contributed by atoms with Gasteiger partial charge in [0.2, 0.25) is 0 Å². The third-order valence-corrected chi connectivity index (χ3v) is 5.82. The molecule has 32 heavy (non-hydrogen) atoms. The number of aryl methyl sites for hydroxylation is 1. The van der Waals surface area contributed by atoms with Gasteiger partial charge in [0.15, 0.2) is 0 Å². The molecule has 4 heterocycles. The van der Waals surface area contributed by atoms with Crippen molar-refractivity contribution in [2.45, 2.75) is 45.8 Å². The Balaban J connectivity index is 1.48. The minimum atomic E-state index is -0.513. The highest BCUT2D eigenvalue weighted by molar-refractivity contribution is 5.90. The molecule has 0 spiro atoms. The van der Waals surface area contributed by atoms with Gasteiger partial charge in [0.1, 0.15) is 23.7 Å². The molecule has 10 heteroatoms. The molecule has 0 radical (unpaired) electrons. The lowest BCUT2D eigenvalue weighted by molar-refractivity contribution is 0.0288. The minimum Gasteiger partial charge on any atom is -0.462 e. The number of anilines is 1. The van der Waals surface area contributed by atoms with Crippen LogP contribution in [0.4, 0.5) is 10.6 Å². The van der Waals surface area contributed by atoms with Crippen molar-refractivity contribution in [1.82, 2.24) is 24.3 Å². The summed E-state index contributed by atoms with van der Waals surface area (Å²) in [4.78, 5) is 25.6. The van der Waals surface area contributed by atoms with Crippen LogP contribution in [0, 0.1) is 6.92 Å². The number of amides is 1. The number of ether oxygens (including phenoxy) is 3. The lowest BCUT2D eigenvalue weighted by atomic mass is 10.2. The number of nitrogen functional groups attached to an aromatic ring is 1. The minimum absolute atomic E-state index is 0.0919. The van der Waals surface area contributed by atoms with Gasteiger partial charge < -0.3 is 29.4 Å². The van der Waals surface area contributed by atoms with Crippen molar-refractivity contribution in [3.05, 3.63) is 11.8 Å². The number of hydrogen-bond acceptors (Lipinski definition) is 8. The van der Waals surface area contributed by atoms with Crippen LogP contribution in [-0.2, 0) is 9.47 Å². The van der Waals surface area contributed by atoms with E-state index in [-0.39, 0.29) is 18.1 Å². The fourth-order valence-corrected chi connectivity index (χ4v) is 4.24. The maximum atomic E-state index is 12.5. The third kappa shape index (κ3) is 5.07. The van der Waals surface area contributed by atoms with Crippen LogP contribution in [-0.4, -0.2) is 88.6 Å². The largest absolute Gasteiger partial charge is 0.462 e. The predicted molar refractivity (Wildman–Crippen MR) is 121 cm³/mol. The van der Waals surface area contributed by atoms with E-state index in [4.69, 9.17) is 19.9 Å². The van der Waals surface area contributed by atoms with Crippen LogP contribution in [0.5, 0.6) is 6.01 Å². The smallest absolute Gasteiger partial charge is 0.410 e. The van der Waals surface area contributed by atoms with E-state index < -0.39 is 5.60 Å². The van der Waals surface area contributed by atoms with Crippen molar-refractivity contribution in [3.8, 4) is 6.01 Å². The quantitative estimate of drug-likeness (QED) is 0.745. The molecule has 2 N–H and O–H groups in total. The highest BCUT2D eigenvalue weighted by Gasteiger charge is 2.32. The summed E-state index contributed by atoms with van der Waals surface area (Å²) in [6.45, 7) is 13.4. The van der Waals surface area contributed by atoms with Gasteiger partial charge in [-0.3, -0.25) is 4.90 Å². The average molecular weight is 447 g/mol. The zero-order chi connectivity index (χ0) is 22.9. The summed E-state index contributed by atoms with van der Waals surface area (Å²) in [6.07, 6.45) is 2.57. The van der Waals surface area contributed by atoms with E-state index in [9.17, 15) is 4.79 Å². The first kappa shape index (κ1) is 22.6. The van der Waals surface area contributed by atoms with Crippen molar-refractivity contribution < 1.29 is 19.0 Å². The van der Waals surface area contributed by atoms with Crippen molar-refractivity contribution in [2.75, 3.05) is 58.3 Å². The van der Waals surface area contributed by atoms with Crippen LogP contribution < -0.4 is 10.5 Å². The van der Waals surface area contributed by atoms with E-state index in [1.54, 1.807) is 4.90 Å². The fraction of sp³-hybridized carbons (Fsp3) is 0.682.